The lowest BCUT2D eigenvalue weighted by Gasteiger charge is -2.19. The molecular formula is C11H20Si2. The van der Waals surface area contributed by atoms with Crippen LogP contribution in [0.15, 0.2) is 12.1 Å². The molecule has 0 radical (unpaired) electrons. The summed E-state index contributed by atoms with van der Waals surface area (Å²) in [4.78, 5) is 0. The molecule has 0 fully saturated rings. The molecule has 72 valence electrons. The van der Waals surface area contributed by atoms with Crippen molar-refractivity contribution in [1.29, 1.82) is 0 Å². The lowest BCUT2D eigenvalue weighted by molar-refractivity contribution is 1.44. The van der Waals surface area contributed by atoms with Crippen LogP contribution in [0.25, 0.3) is 0 Å². The number of hydrogen-bond acceptors (Lipinski definition) is 0. The van der Waals surface area contributed by atoms with Crippen molar-refractivity contribution in [2.45, 2.75) is 33.5 Å². The van der Waals surface area contributed by atoms with Gasteiger partial charge < -0.3 is 0 Å². The van der Waals surface area contributed by atoms with E-state index in [0.717, 1.165) is 0 Å². The van der Waals surface area contributed by atoms with Crippen molar-refractivity contribution in [1.82, 2.24) is 0 Å². The van der Waals surface area contributed by atoms with E-state index >= 15 is 0 Å². The third kappa shape index (κ3) is 2.32. The molecule has 0 bridgehead atoms. The molecule has 0 aliphatic heterocycles. The second kappa shape index (κ2) is 3.42. The molecule has 13 heavy (non-hydrogen) atoms. The quantitative estimate of drug-likeness (QED) is 0.600. The highest BCUT2D eigenvalue weighted by atomic mass is 28.3. The Labute approximate surface area is 85.8 Å². The molecule has 0 aliphatic carbocycles. The maximum absolute atomic E-state index is 2.41. The van der Waals surface area contributed by atoms with Crippen LogP contribution in [0.3, 0.4) is 0 Å². The molecule has 0 heterocycles. The SMILES string of the molecule is Cc1cc([Si](C)(C)C)cc(C)c1[SiH3]. The average Bonchev–Trinajstić information content (AvgIpc) is 1.97. The number of rotatable bonds is 1. The molecule has 2 heteroatoms. The summed E-state index contributed by atoms with van der Waals surface area (Å²) in [7, 11) is 0.0750. The van der Waals surface area contributed by atoms with Gasteiger partial charge in [0.2, 0.25) is 0 Å². The standard InChI is InChI=1S/C11H20Si2/c1-8-6-10(13(3,4)5)7-9(2)11(8)12/h6-7H,1-5,12H3. The molecule has 0 aromatic heterocycles. The second-order valence-corrected chi connectivity index (χ2v) is 11.1. The minimum Gasteiger partial charge on any atom is -0.0656 e. The van der Waals surface area contributed by atoms with Crippen molar-refractivity contribution in [3.05, 3.63) is 23.3 Å². The zero-order valence-corrected chi connectivity index (χ0v) is 12.7. The van der Waals surface area contributed by atoms with E-state index in [1.54, 1.807) is 10.4 Å². The van der Waals surface area contributed by atoms with Gasteiger partial charge in [-0.05, 0) is 13.8 Å². The first-order chi connectivity index (χ1) is 5.82. The molecule has 1 rings (SSSR count). The van der Waals surface area contributed by atoms with Crippen LogP contribution in [-0.2, 0) is 0 Å². The smallest absolute Gasteiger partial charge is 0.0656 e. The predicted octanol–water partition coefficient (Wildman–Crippen LogP) is 0.839. The average molecular weight is 208 g/mol. The summed E-state index contributed by atoms with van der Waals surface area (Å²) >= 11 is 0. The fraction of sp³-hybridized carbons (Fsp3) is 0.455. The van der Waals surface area contributed by atoms with Gasteiger partial charge in [0, 0.05) is 10.2 Å². The molecule has 0 atom stereocenters. The van der Waals surface area contributed by atoms with E-state index in [2.05, 4.69) is 45.6 Å². The lowest BCUT2D eigenvalue weighted by Crippen LogP contribution is -2.39. The van der Waals surface area contributed by atoms with Crippen LogP contribution in [0, 0.1) is 13.8 Å². The Morgan fingerprint density at radius 3 is 1.69 bits per heavy atom. The van der Waals surface area contributed by atoms with Gasteiger partial charge >= 0.3 is 0 Å². The van der Waals surface area contributed by atoms with Crippen LogP contribution in [-0.4, -0.2) is 18.3 Å². The summed E-state index contributed by atoms with van der Waals surface area (Å²) in [5.74, 6) is 0. The minimum atomic E-state index is -1.10. The molecule has 1 aromatic carbocycles. The van der Waals surface area contributed by atoms with Gasteiger partial charge in [-0.3, -0.25) is 0 Å². The molecule has 0 nitrogen and oxygen atoms in total. The predicted molar refractivity (Wildman–Crippen MR) is 68.5 cm³/mol. The topological polar surface area (TPSA) is 0 Å². The fourth-order valence-electron chi connectivity index (χ4n) is 1.47. The third-order valence-electron chi connectivity index (χ3n) is 2.79. The van der Waals surface area contributed by atoms with Crippen molar-refractivity contribution >= 4 is 28.7 Å². The molecule has 0 aliphatic rings. The molecule has 0 saturated heterocycles. The summed E-state index contributed by atoms with van der Waals surface area (Å²) in [6, 6.07) is 4.81. The van der Waals surface area contributed by atoms with Crippen LogP contribution in [0.5, 0.6) is 0 Å². The summed E-state index contributed by atoms with van der Waals surface area (Å²) < 4.78 is 0. The van der Waals surface area contributed by atoms with E-state index in [4.69, 9.17) is 0 Å². The first kappa shape index (κ1) is 10.7. The Balaban J connectivity index is 3.29. The van der Waals surface area contributed by atoms with Gasteiger partial charge in [0.25, 0.3) is 0 Å². The number of aryl methyl sites for hydroxylation is 2. The highest BCUT2D eigenvalue weighted by Crippen LogP contribution is 2.05. The van der Waals surface area contributed by atoms with Crippen molar-refractivity contribution in [3.8, 4) is 0 Å². The van der Waals surface area contributed by atoms with Gasteiger partial charge in [-0.1, -0.05) is 53.3 Å². The minimum absolute atomic E-state index is 1.10. The maximum atomic E-state index is 2.41. The summed E-state index contributed by atoms with van der Waals surface area (Å²) in [5, 5.41) is 3.18. The highest BCUT2D eigenvalue weighted by Gasteiger charge is 2.17. The van der Waals surface area contributed by atoms with Crippen LogP contribution >= 0.6 is 0 Å². The van der Waals surface area contributed by atoms with Crippen molar-refractivity contribution in [2.24, 2.45) is 0 Å². The van der Waals surface area contributed by atoms with Crippen molar-refractivity contribution < 1.29 is 0 Å². The Kier molecular flexibility index (Phi) is 2.83. The summed E-state index contributed by atoms with van der Waals surface area (Å²) in [6.07, 6.45) is 0. The van der Waals surface area contributed by atoms with E-state index in [1.807, 2.05) is 0 Å². The van der Waals surface area contributed by atoms with Gasteiger partial charge in [0.15, 0.2) is 0 Å². The summed E-state index contributed by atoms with van der Waals surface area (Å²) in [6.45, 7) is 11.7. The van der Waals surface area contributed by atoms with E-state index in [9.17, 15) is 0 Å². The van der Waals surface area contributed by atoms with Gasteiger partial charge in [-0.15, -0.1) is 0 Å². The van der Waals surface area contributed by atoms with Gasteiger partial charge in [-0.25, -0.2) is 0 Å². The van der Waals surface area contributed by atoms with E-state index < -0.39 is 8.07 Å². The number of benzene rings is 1. The first-order valence-electron chi connectivity index (χ1n) is 4.90. The molecular weight excluding hydrogens is 188 g/mol. The number of hydrogen-bond donors (Lipinski definition) is 0. The normalized spacial score (nSPS) is 12.1. The monoisotopic (exact) mass is 208 g/mol. The molecule has 0 spiro atoms. The van der Waals surface area contributed by atoms with Crippen molar-refractivity contribution in [2.75, 3.05) is 0 Å². The maximum Gasteiger partial charge on any atom is 0.0776 e. The lowest BCUT2D eigenvalue weighted by atomic mass is 10.1. The Hall–Kier alpha value is -0.346. The highest BCUT2D eigenvalue weighted by molar-refractivity contribution is 6.88. The second-order valence-electron chi connectivity index (χ2n) is 4.99. The third-order valence-corrected chi connectivity index (χ3v) is 6.39. The molecule has 0 N–H and O–H groups in total. The molecule has 0 unspecified atom stereocenters. The molecule has 0 amide bonds. The zero-order chi connectivity index (χ0) is 10.2. The van der Waals surface area contributed by atoms with Gasteiger partial charge in [0.1, 0.15) is 0 Å². The summed E-state index contributed by atoms with van der Waals surface area (Å²) in [5.41, 5.74) is 3.01. The van der Waals surface area contributed by atoms with E-state index in [0.29, 0.717) is 0 Å². The zero-order valence-electron chi connectivity index (χ0n) is 9.65. The van der Waals surface area contributed by atoms with E-state index in [1.165, 1.54) is 21.4 Å². The van der Waals surface area contributed by atoms with E-state index in [-0.39, 0.29) is 0 Å². The largest absolute Gasteiger partial charge is 0.0776 e. The van der Waals surface area contributed by atoms with Crippen LogP contribution in [0.4, 0.5) is 0 Å². The Bertz CT molecular complexity index is 298. The fourth-order valence-corrected chi connectivity index (χ4v) is 3.06. The van der Waals surface area contributed by atoms with Crippen molar-refractivity contribution in [3.63, 3.8) is 0 Å². The van der Waals surface area contributed by atoms with Gasteiger partial charge in [0.05, 0.1) is 8.07 Å². The van der Waals surface area contributed by atoms with Crippen LogP contribution in [0.2, 0.25) is 19.6 Å². The Morgan fingerprint density at radius 2 is 1.38 bits per heavy atom. The van der Waals surface area contributed by atoms with Crippen LogP contribution in [0.1, 0.15) is 11.1 Å². The first-order valence-corrected chi connectivity index (χ1v) is 9.40. The molecule has 1 aromatic rings. The molecule has 0 saturated carbocycles. The van der Waals surface area contributed by atoms with Gasteiger partial charge in [-0.2, -0.15) is 0 Å². The van der Waals surface area contributed by atoms with Crippen LogP contribution < -0.4 is 10.4 Å². The Morgan fingerprint density at radius 1 is 1.00 bits per heavy atom.